The number of ether oxygens (including phenoxy) is 1. The van der Waals surface area contributed by atoms with Crippen LogP contribution < -0.4 is 9.30 Å². The first kappa shape index (κ1) is 20.7. The van der Waals surface area contributed by atoms with E-state index in [9.17, 15) is 0 Å². The molecule has 1 aliphatic carbocycles. The standard InChI is InChI=1S/C31H34NO/c1-18(2)22-16-23-15-19(3)20(4)27-29(23)26(17-22)33-31-28(21-11-7-6-8-12-21)24-13-9-10-14-25(24)32(5)30(27)31/h9-10,13-18,21H,6-8,11-12H2,1-5H3/q+1. The molecule has 2 heteroatoms. The van der Waals surface area contributed by atoms with Crippen LogP contribution in [0.3, 0.4) is 0 Å². The molecule has 0 radical (unpaired) electrons. The second-order valence-corrected chi connectivity index (χ2v) is 10.6. The van der Waals surface area contributed by atoms with Crippen molar-refractivity contribution in [2.45, 2.75) is 71.6 Å². The van der Waals surface area contributed by atoms with Crippen LogP contribution in [-0.2, 0) is 7.05 Å². The lowest BCUT2D eigenvalue weighted by atomic mass is 9.80. The van der Waals surface area contributed by atoms with Crippen LogP contribution in [0.2, 0.25) is 0 Å². The molecule has 0 spiro atoms. The van der Waals surface area contributed by atoms with Crippen LogP contribution in [0, 0.1) is 13.8 Å². The van der Waals surface area contributed by atoms with Gasteiger partial charge in [0.25, 0.3) is 5.69 Å². The lowest BCUT2D eigenvalue weighted by molar-refractivity contribution is -0.633. The van der Waals surface area contributed by atoms with Crippen molar-refractivity contribution in [2.24, 2.45) is 7.05 Å². The Morgan fingerprint density at radius 3 is 2.48 bits per heavy atom. The van der Waals surface area contributed by atoms with Crippen molar-refractivity contribution < 1.29 is 9.30 Å². The highest BCUT2D eigenvalue weighted by Gasteiger charge is 2.37. The molecule has 0 atom stereocenters. The minimum atomic E-state index is 0.464. The second-order valence-electron chi connectivity index (χ2n) is 10.6. The predicted molar refractivity (Wildman–Crippen MR) is 138 cm³/mol. The third-order valence-electron chi connectivity index (χ3n) is 8.22. The van der Waals surface area contributed by atoms with E-state index in [1.807, 2.05) is 0 Å². The molecule has 0 bridgehead atoms. The van der Waals surface area contributed by atoms with E-state index in [2.05, 4.69) is 81.8 Å². The van der Waals surface area contributed by atoms with Gasteiger partial charge in [0.1, 0.15) is 12.8 Å². The summed E-state index contributed by atoms with van der Waals surface area (Å²) in [6.07, 6.45) is 6.51. The quantitative estimate of drug-likeness (QED) is 0.253. The molecule has 4 aromatic rings. The maximum absolute atomic E-state index is 6.99. The fraction of sp³-hybridized carbons (Fsp3) is 0.387. The van der Waals surface area contributed by atoms with Gasteiger partial charge in [0, 0.05) is 17.0 Å². The zero-order valence-electron chi connectivity index (χ0n) is 20.6. The summed E-state index contributed by atoms with van der Waals surface area (Å²) < 4.78 is 9.37. The van der Waals surface area contributed by atoms with Crippen molar-refractivity contribution in [1.82, 2.24) is 0 Å². The lowest BCUT2D eigenvalue weighted by Gasteiger charge is -2.29. The van der Waals surface area contributed by atoms with Crippen molar-refractivity contribution in [3.05, 3.63) is 64.7 Å². The van der Waals surface area contributed by atoms with Crippen LogP contribution in [-0.4, -0.2) is 0 Å². The summed E-state index contributed by atoms with van der Waals surface area (Å²) in [5.41, 5.74) is 9.42. The van der Waals surface area contributed by atoms with Crippen molar-refractivity contribution >= 4 is 21.7 Å². The highest BCUT2D eigenvalue weighted by molar-refractivity contribution is 6.06. The molecule has 1 aromatic heterocycles. The van der Waals surface area contributed by atoms with Crippen LogP contribution in [0.4, 0.5) is 0 Å². The summed E-state index contributed by atoms with van der Waals surface area (Å²) in [5.74, 6) is 3.17. The number of fused-ring (bicyclic) bond motifs is 3. The number of para-hydroxylation sites is 1. The number of nitrogens with zero attached hydrogens (tertiary/aromatic N) is 1. The maximum Gasteiger partial charge on any atom is 0.257 e. The van der Waals surface area contributed by atoms with E-state index in [0.717, 1.165) is 11.5 Å². The summed E-state index contributed by atoms with van der Waals surface area (Å²) in [7, 11) is 2.22. The fourth-order valence-corrected chi connectivity index (χ4v) is 6.28. The average Bonchev–Trinajstić information content (AvgIpc) is 2.82. The van der Waals surface area contributed by atoms with E-state index in [0.29, 0.717) is 11.8 Å². The van der Waals surface area contributed by atoms with Gasteiger partial charge < -0.3 is 4.74 Å². The van der Waals surface area contributed by atoms with E-state index in [1.54, 1.807) is 0 Å². The highest BCUT2D eigenvalue weighted by Crippen LogP contribution is 2.53. The molecule has 33 heavy (non-hydrogen) atoms. The molecule has 1 aliphatic heterocycles. The Balaban J connectivity index is 1.78. The van der Waals surface area contributed by atoms with Gasteiger partial charge in [0.15, 0.2) is 0 Å². The first-order valence-corrected chi connectivity index (χ1v) is 12.7. The number of hydrogen-bond acceptors (Lipinski definition) is 1. The first-order valence-electron chi connectivity index (χ1n) is 12.7. The third kappa shape index (κ3) is 3.03. The summed E-state index contributed by atoms with van der Waals surface area (Å²) in [4.78, 5) is 0. The van der Waals surface area contributed by atoms with Gasteiger partial charge in [-0.3, -0.25) is 0 Å². The Morgan fingerprint density at radius 2 is 1.73 bits per heavy atom. The van der Waals surface area contributed by atoms with Crippen LogP contribution in [0.1, 0.15) is 80.0 Å². The van der Waals surface area contributed by atoms with Gasteiger partial charge in [-0.25, -0.2) is 0 Å². The van der Waals surface area contributed by atoms with E-state index in [1.165, 1.54) is 87.3 Å². The van der Waals surface area contributed by atoms with E-state index in [4.69, 9.17) is 4.74 Å². The minimum Gasteiger partial charge on any atom is -0.449 e. The van der Waals surface area contributed by atoms with Crippen molar-refractivity contribution in [2.75, 3.05) is 0 Å². The molecule has 6 rings (SSSR count). The fourth-order valence-electron chi connectivity index (χ4n) is 6.28. The first-order chi connectivity index (χ1) is 16.0. The highest BCUT2D eigenvalue weighted by atomic mass is 16.5. The smallest absolute Gasteiger partial charge is 0.257 e. The number of aryl methyl sites for hydroxylation is 2. The molecule has 2 aliphatic rings. The molecule has 2 heterocycles. The van der Waals surface area contributed by atoms with E-state index in [-0.39, 0.29) is 0 Å². The maximum atomic E-state index is 6.99. The molecule has 1 saturated carbocycles. The van der Waals surface area contributed by atoms with Gasteiger partial charge in [0.05, 0.1) is 10.9 Å². The van der Waals surface area contributed by atoms with Gasteiger partial charge in [-0.1, -0.05) is 57.4 Å². The Labute approximate surface area is 197 Å². The predicted octanol–water partition coefficient (Wildman–Crippen LogP) is 8.38. The minimum absolute atomic E-state index is 0.464. The molecule has 1 fully saturated rings. The number of benzene rings is 3. The third-order valence-corrected chi connectivity index (χ3v) is 8.22. The molecule has 0 N–H and O–H groups in total. The average molecular weight is 437 g/mol. The van der Waals surface area contributed by atoms with Gasteiger partial charge >= 0.3 is 0 Å². The molecule has 0 saturated heterocycles. The van der Waals surface area contributed by atoms with Crippen molar-refractivity contribution in [3.8, 4) is 22.8 Å². The largest absolute Gasteiger partial charge is 0.449 e. The Kier molecular flexibility index (Phi) is 4.76. The monoisotopic (exact) mass is 436 g/mol. The molecular formula is C31H34NO+. The SMILES string of the molecule is Cc1cc2cc(C(C)C)cc3c2c(c1C)-c1c(c(C2CCCCC2)c2ccccc2[n+]1C)O3. The molecule has 0 unspecified atom stereocenters. The van der Waals surface area contributed by atoms with E-state index >= 15 is 0 Å². The summed E-state index contributed by atoms with van der Waals surface area (Å²) in [6.45, 7) is 9.08. The Morgan fingerprint density at radius 1 is 0.970 bits per heavy atom. The molecular weight excluding hydrogens is 402 g/mol. The number of hydrogen-bond donors (Lipinski definition) is 0. The van der Waals surface area contributed by atoms with Crippen molar-refractivity contribution in [1.29, 1.82) is 0 Å². The topological polar surface area (TPSA) is 13.1 Å². The van der Waals surface area contributed by atoms with Gasteiger partial charge in [-0.2, -0.15) is 4.57 Å². The zero-order chi connectivity index (χ0) is 22.9. The second kappa shape index (κ2) is 7.58. The lowest BCUT2D eigenvalue weighted by Crippen LogP contribution is -2.35. The summed E-state index contributed by atoms with van der Waals surface area (Å²) >= 11 is 0. The van der Waals surface area contributed by atoms with Gasteiger partial charge in [-0.15, -0.1) is 0 Å². The zero-order valence-corrected chi connectivity index (χ0v) is 20.6. The number of aromatic nitrogens is 1. The summed E-state index contributed by atoms with van der Waals surface area (Å²) in [6, 6.07) is 16.0. The molecule has 3 aromatic carbocycles. The molecule has 168 valence electrons. The van der Waals surface area contributed by atoms with Crippen molar-refractivity contribution in [3.63, 3.8) is 0 Å². The normalized spacial score (nSPS) is 15.8. The van der Waals surface area contributed by atoms with E-state index < -0.39 is 0 Å². The Hall–Kier alpha value is -2.87. The number of pyridine rings is 1. The number of rotatable bonds is 2. The van der Waals surface area contributed by atoms with Gasteiger partial charge in [-0.05, 0) is 72.7 Å². The van der Waals surface area contributed by atoms with Crippen LogP contribution >= 0.6 is 0 Å². The van der Waals surface area contributed by atoms with Crippen LogP contribution in [0.15, 0.2) is 42.5 Å². The van der Waals surface area contributed by atoms with Gasteiger partial charge in [0.2, 0.25) is 11.3 Å². The van der Waals surface area contributed by atoms with Crippen LogP contribution in [0.5, 0.6) is 11.5 Å². The van der Waals surface area contributed by atoms with Crippen LogP contribution in [0.25, 0.3) is 32.9 Å². The summed E-state index contributed by atoms with van der Waals surface area (Å²) in [5, 5.41) is 3.93. The Bertz CT molecular complexity index is 1420. The molecule has 0 amide bonds. The molecule has 2 nitrogen and oxygen atoms in total.